The van der Waals surface area contributed by atoms with Crippen LogP contribution < -0.4 is 5.73 Å². The zero-order valence-corrected chi connectivity index (χ0v) is 7.03. The SMILES string of the molecule is C=CCN1C(=O)OCCC1CN. The molecule has 1 unspecified atom stereocenters. The molecular formula is C8H14N2O2. The molecule has 0 aromatic carbocycles. The van der Waals surface area contributed by atoms with E-state index in [2.05, 4.69) is 6.58 Å². The van der Waals surface area contributed by atoms with Crippen molar-refractivity contribution in [3.63, 3.8) is 0 Å². The first-order valence-electron chi connectivity index (χ1n) is 4.04. The van der Waals surface area contributed by atoms with Gasteiger partial charge in [0.1, 0.15) is 0 Å². The summed E-state index contributed by atoms with van der Waals surface area (Å²) in [6.45, 7) is 5.05. The first-order chi connectivity index (χ1) is 5.79. The van der Waals surface area contributed by atoms with Crippen LogP contribution in [0.25, 0.3) is 0 Å². The second-order valence-electron chi connectivity index (χ2n) is 2.73. The normalized spacial score (nSPS) is 23.6. The Labute approximate surface area is 72.0 Å². The van der Waals surface area contributed by atoms with Crippen LogP contribution in [-0.2, 0) is 4.74 Å². The quantitative estimate of drug-likeness (QED) is 0.621. The van der Waals surface area contributed by atoms with E-state index >= 15 is 0 Å². The number of rotatable bonds is 3. The predicted molar refractivity (Wildman–Crippen MR) is 45.7 cm³/mol. The number of cyclic esters (lactones) is 1. The summed E-state index contributed by atoms with van der Waals surface area (Å²) >= 11 is 0. The summed E-state index contributed by atoms with van der Waals surface area (Å²) in [5.74, 6) is 0. The van der Waals surface area contributed by atoms with Crippen LogP contribution in [0, 0.1) is 0 Å². The van der Waals surface area contributed by atoms with Gasteiger partial charge in [0.05, 0.1) is 12.6 Å². The van der Waals surface area contributed by atoms with E-state index in [1.165, 1.54) is 0 Å². The molecule has 68 valence electrons. The van der Waals surface area contributed by atoms with Gasteiger partial charge in [0.15, 0.2) is 0 Å². The van der Waals surface area contributed by atoms with Crippen molar-refractivity contribution in [3.05, 3.63) is 12.7 Å². The monoisotopic (exact) mass is 170 g/mol. The van der Waals surface area contributed by atoms with E-state index in [1.807, 2.05) is 0 Å². The predicted octanol–water partition coefficient (Wildman–Crippen LogP) is 0.342. The summed E-state index contributed by atoms with van der Waals surface area (Å²) in [7, 11) is 0. The maximum atomic E-state index is 11.2. The first kappa shape index (κ1) is 9.06. The van der Waals surface area contributed by atoms with Crippen LogP contribution >= 0.6 is 0 Å². The molecule has 0 aromatic heterocycles. The molecule has 1 aliphatic heterocycles. The van der Waals surface area contributed by atoms with Gasteiger partial charge in [-0.1, -0.05) is 6.08 Å². The summed E-state index contributed by atoms with van der Waals surface area (Å²) in [4.78, 5) is 12.8. The highest BCUT2D eigenvalue weighted by atomic mass is 16.6. The molecule has 1 rings (SSSR count). The van der Waals surface area contributed by atoms with E-state index < -0.39 is 0 Å². The van der Waals surface area contributed by atoms with Crippen LogP contribution in [0.2, 0.25) is 0 Å². The standard InChI is InChI=1S/C8H14N2O2/c1-2-4-10-7(6-9)3-5-12-8(10)11/h2,7H,1,3-6,9H2. The summed E-state index contributed by atoms with van der Waals surface area (Å²) in [5, 5.41) is 0. The third-order valence-corrected chi connectivity index (χ3v) is 1.95. The zero-order chi connectivity index (χ0) is 8.97. The molecule has 1 atom stereocenters. The molecule has 12 heavy (non-hydrogen) atoms. The van der Waals surface area contributed by atoms with Crippen molar-refractivity contribution >= 4 is 6.09 Å². The maximum Gasteiger partial charge on any atom is 0.410 e. The summed E-state index contributed by atoms with van der Waals surface area (Å²) in [5.41, 5.74) is 5.50. The van der Waals surface area contributed by atoms with Gasteiger partial charge >= 0.3 is 6.09 Å². The molecular weight excluding hydrogens is 156 g/mol. The van der Waals surface area contributed by atoms with E-state index in [4.69, 9.17) is 10.5 Å². The Balaban J connectivity index is 2.58. The van der Waals surface area contributed by atoms with Gasteiger partial charge in [-0.05, 0) is 0 Å². The van der Waals surface area contributed by atoms with E-state index in [0.29, 0.717) is 19.7 Å². The highest BCUT2D eigenvalue weighted by molar-refractivity contribution is 5.69. The third kappa shape index (κ3) is 1.76. The first-order valence-corrected chi connectivity index (χ1v) is 4.04. The van der Waals surface area contributed by atoms with Gasteiger partial charge in [0.2, 0.25) is 0 Å². The van der Waals surface area contributed by atoms with E-state index in [-0.39, 0.29) is 12.1 Å². The van der Waals surface area contributed by atoms with Crippen LogP contribution in [0.1, 0.15) is 6.42 Å². The molecule has 0 saturated carbocycles. The highest BCUT2D eigenvalue weighted by Gasteiger charge is 2.27. The average molecular weight is 170 g/mol. The molecule has 1 saturated heterocycles. The molecule has 1 aliphatic rings. The van der Waals surface area contributed by atoms with Crippen LogP contribution in [-0.4, -0.2) is 36.7 Å². The molecule has 0 aromatic rings. The molecule has 0 spiro atoms. The van der Waals surface area contributed by atoms with Gasteiger partial charge < -0.3 is 15.4 Å². The number of carbonyl (C=O) groups is 1. The van der Waals surface area contributed by atoms with Gasteiger partial charge in [-0.2, -0.15) is 0 Å². The van der Waals surface area contributed by atoms with Crippen molar-refractivity contribution in [2.24, 2.45) is 5.73 Å². The van der Waals surface area contributed by atoms with Gasteiger partial charge in [-0.3, -0.25) is 0 Å². The molecule has 4 heteroatoms. The topological polar surface area (TPSA) is 55.6 Å². The van der Waals surface area contributed by atoms with Crippen LogP contribution in [0.4, 0.5) is 4.79 Å². The van der Waals surface area contributed by atoms with Gasteiger partial charge in [0.25, 0.3) is 0 Å². The van der Waals surface area contributed by atoms with Gasteiger partial charge in [-0.15, -0.1) is 6.58 Å². The van der Waals surface area contributed by atoms with Crippen molar-refractivity contribution in [2.75, 3.05) is 19.7 Å². The van der Waals surface area contributed by atoms with Crippen molar-refractivity contribution in [3.8, 4) is 0 Å². The molecule has 0 radical (unpaired) electrons. The second-order valence-corrected chi connectivity index (χ2v) is 2.73. The number of nitrogens with zero attached hydrogens (tertiary/aromatic N) is 1. The molecule has 1 fully saturated rings. The van der Waals surface area contributed by atoms with Crippen molar-refractivity contribution in [2.45, 2.75) is 12.5 Å². The fourth-order valence-corrected chi connectivity index (χ4v) is 1.28. The lowest BCUT2D eigenvalue weighted by Crippen LogP contribution is -2.49. The van der Waals surface area contributed by atoms with Crippen LogP contribution in [0.5, 0.6) is 0 Å². The molecule has 2 N–H and O–H groups in total. The number of amides is 1. The smallest absolute Gasteiger partial charge is 0.410 e. The zero-order valence-electron chi connectivity index (χ0n) is 7.03. The number of ether oxygens (including phenoxy) is 1. The lowest BCUT2D eigenvalue weighted by molar-refractivity contribution is 0.0519. The minimum Gasteiger partial charge on any atom is -0.449 e. The van der Waals surface area contributed by atoms with Crippen LogP contribution in [0.15, 0.2) is 12.7 Å². The Morgan fingerprint density at radius 3 is 3.17 bits per heavy atom. The largest absolute Gasteiger partial charge is 0.449 e. The van der Waals surface area contributed by atoms with Crippen molar-refractivity contribution in [1.29, 1.82) is 0 Å². The van der Waals surface area contributed by atoms with Gasteiger partial charge in [-0.25, -0.2) is 4.79 Å². The molecule has 4 nitrogen and oxygen atoms in total. The summed E-state index contributed by atoms with van der Waals surface area (Å²) in [6, 6.07) is 0.115. The van der Waals surface area contributed by atoms with Crippen molar-refractivity contribution < 1.29 is 9.53 Å². The Bertz CT molecular complexity index is 182. The molecule has 1 amide bonds. The van der Waals surface area contributed by atoms with E-state index in [1.54, 1.807) is 11.0 Å². The summed E-state index contributed by atoms with van der Waals surface area (Å²) in [6.07, 6.45) is 2.21. The second kappa shape index (κ2) is 4.11. The minimum absolute atomic E-state index is 0.115. The Morgan fingerprint density at radius 1 is 1.83 bits per heavy atom. The minimum atomic E-state index is -0.281. The maximum absolute atomic E-state index is 11.2. The van der Waals surface area contributed by atoms with Crippen LogP contribution in [0.3, 0.4) is 0 Å². The molecule has 1 heterocycles. The van der Waals surface area contributed by atoms with E-state index in [9.17, 15) is 4.79 Å². The fourth-order valence-electron chi connectivity index (χ4n) is 1.28. The third-order valence-electron chi connectivity index (χ3n) is 1.95. The Hall–Kier alpha value is -1.03. The number of carbonyl (C=O) groups excluding carboxylic acids is 1. The lowest BCUT2D eigenvalue weighted by atomic mass is 10.1. The van der Waals surface area contributed by atoms with E-state index in [0.717, 1.165) is 6.42 Å². The lowest BCUT2D eigenvalue weighted by Gasteiger charge is -2.33. The number of hydrogen-bond donors (Lipinski definition) is 1. The van der Waals surface area contributed by atoms with Crippen molar-refractivity contribution in [1.82, 2.24) is 4.90 Å². The number of hydrogen-bond acceptors (Lipinski definition) is 3. The summed E-state index contributed by atoms with van der Waals surface area (Å²) < 4.78 is 4.86. The van der Waals surface area contributed by atoms with Gasteiger partial charge in [0, 0.05) is 19.5 Å². The Morgan fingerprint density at radius 2 is 2.58 bits per heavy atom. The molecule has 0 aliphatic carbocycles. The molecule has 0 bridgehead atoms. The Kier molecular flexibility index (Phi) is 3.10. The average Bonchev–Trinajstić information content (AvgIpc) is 2.09. The highest BCUT2D eigenvalue weighted by Crippen LogP contribution is 2.11. The number of nitrogens with two attached hydrogens (primary N) is 1. The fraction of sp³-hybridized carbons (Fsp3) is 0.625.